The molecule has 0 bridgehead atoms. The average molecular weight is 164 g/mol. The lowest BCUT2D eigenvalue weighted by Gasteiger charge is -2.14. The number of nitrogens with zero attached hydrogens (tertiary/aromatic N) is 1. The third-order valence-corrected chi connectivity index (χ3v) is 1.72. The van der Waals surface area contributed by atoms with Crippen LogP contribution in [0.3, 0.4) is 0 Å². The summed E-state index contributed by atoms with van der Waals surface area (Å²) in [5.41, 5.74) is 5.42. The van der Waals surface area contributed by atoms with E-state index in [1.807, 2.05) is 0 Å². The Balaban J connectivity index is 2.43. The Morgan fingerprint density at radius 1 is 1.64 bits per heavy atom. The summed E-state index contributed by atoms with van der Waals surface area (Å²) in [6.45, 7) is 0.632. The van der Waals surface area contributed by atoms with Gasteiger partial charge in [-0.15, -0.1) is 0 Å². The highest BCUT2D eigenvalue weighted by Gasteiger charge is 2.28. The Kier molecular flexibility index (Phi) is 2.38. The number of carbonyl (C=O) groups is 1. The van der Waals surface area contributed by atoms with Crippen LogP contribution in [0.25, 0.3) is 0 Å². The number of hydrogen-bond donors (Lipinski definition) is 1. The summed E-state index contributed by atoms with van der Waals surface area (Å²) in [5.74, 6) is -1.10. The van der Waals surface area contributed by atoms with Crippen LogP contribution < -0.4 is 5.73 Å². The SMILES string of the molecule is N[C@@H]1CCN(C(=O)C(F)F)C1. The molecule has 1 saturated heterocycles. The van der Waals surface area contributed by atoms with E-state index in [0.29, 0.717) is 13.0 Å². The van der Waals surface area contributed by atoms with Gasteiger partial charge in [0.15, 0.2) is 0 Å². The van der Waals surface area contributed by atoms with Crippen molar-refractivity contribution < 1.29 is 13.6 Å². The van der Waals surface area contributed by atoms with Crippen molar-refractivity contribution >= 4 is 5.91 Å². The Hall–Kier alpha value is -0.710. The van der Waals surface area contributed by atoms with Crippen LogP contribution in [-0.4, -0.2) is 36.4 Å². The number of alkyl halides is 2. The molecule has 0 saturated carbocycles. The Bertz CT molecular complexity index is 163. The number of nitrogens with two attached hydrogens (primary N) is 1. The molecule has 1 atom stereocenters. The van der Waals surface area contributed by atoms with E-state index < -0.39 is 12.3 Å². The van der Waals surface area contributed by atoms with Crippen LogP contribution in [0.15, 0.2) is 0 Å². The number of rotatable bonds is 1. The van der Waals surface area contributed by atoms with Crippen molar-refractivity contribution in [2.24, 2.45) is 5.73 Å². The zero-order valence-corrected chi connectivity index (χ0v) is 5.96. The Labute approximate surface area is 63.2 Å². The maximum Gasteiger partial charge on any atom is 0.315 e. The van der Waals surface area contributed by atoms with Gasteiger partial charge in [-0.1, -0.05) is 0 Å². The number of halogens is 2. The molecule has 0 aromatic heterocycles. The van der Waals surface area contributed by atoms with Crippen LogP contribution in [0.4, 0.5) is 8.78 Å². The van der Waals surface area contributed by atoms with E-state index in [4.69, 9.17) is 5.73 Å². The third-order valence-electron chi connectivity index (χ3n) is 1.72. The predicted molar refractivity (Wildman–Crippen MR) is 35.2 cm³/mol. The van der Waals surface area contributed by atoms with Crippen molar-refractivity contribution in [1.82, 2.24) is 4.90 Å². The summed E-state index contributed by atoms with van der Waals surface area (Å²) in [6.07, 6.45) is -2.27. The number of carbonyl (C=O) groups excluding carboxylic acids is 1. The van der Waals surface area contributed by atoms with E-state index in [1.54, 1.807) is 0 Å². The van der Waals surface area contributed by atoms with Crippen molar-refractivity contribution in [2.45, 2.75) is 18.9 Å². The molecule has 11 heavy (non-hydrogen) atoms. The van der Waals surface area contributed by atoms with E-state index in [2.05, 4.69) is 0 Å². The molecule has 1 aliphatic heterocycles. The molecular weight excluding hydrogens is 154 g/mol. The second-order valence-corrected chi connectivity index (χ2v) is 2.63. The minimum atomic E-state index is -2.89. The monoisotopic (exact) mass is 164 g/mol. The van der Waals surface area contributed by atoms with E-state index in [0.717, 1.165) is 4.90 Å². The van der Waals surface area contributed by atoms with Crippen molar-refractivity contribution in [3.63, 3.8) is 0 Å². The Morgan fingerprint density at radius 2 is 2.27 bits per heavy atom. The van der Waals surface area contributed by atoms with Crippen LogP contribution in [-0.2, 0) is 4.79 Å². The van der Waals surface area contributed by atoms with Gasteiger partial charge in [0, 0.05) is 19.1 Å². The molecule has 0 aromatic carbocycles. The highest BCUT2D eigenvalue weighted by Crippen LogP contribution is 2.10. The van der Waals surface area contributed by atoms with Crippen LogP contribution in [0.1, 0.15) is 6.42 Å². The molecule has 0 radical (unpaired) electrons. The molecule has 1 aliphatic rings. The molecule has 5 heteroatoms. The second-order valence-electron chi connectivity index (χ2n) is 2.63. The molecule has 1 heterocycles. The summed E-state index contributed by atoms with van der Waals surface area (Å²) in [6, 6.07) is -0.127. The van der Waals surface area contributed by atoms with Gasteiger partial charge in [-0.25, -0.2) is 0 Å². The Morgan fingerprint density at radius 3 is 2.64 bits per heavy atom. The molecule has 2 N–H and O–H groups in total. The summed E-state index contributed by atoms with van der Waals surface area (Å²) < 4.78 is 23.6. The van der Waals surface area contributed by atoms with Gasteiger partial charge in [0.2, 0.25) is 0 Å². The van der Waals surface area contributed by atoms with E-state index in [-0.39, 0.29) is 12.6 Å². The topological polar surface area (TPSA) is 46.3 Å². The maximum atomic E-state index is 11.8. The van der Waals surface area contributed by atoms with Crippen LogP contribution in [0, 0.1) is 0 Å². The predicted octanol–water partition coefficient (Wildman–Crippen LogP) is -0.189. The summed E-state index contributed by atoms with van der Waals surface area (Å²) in [4.78, 5) is 11.7. The second kappa shape index (κ2) is 3.13. The lowest BCUT2D eigenvalue weighted by atomic mass is 10.3. The molecule has 0 aliphatic carbocycles. The van der Waals surface area contributed by atoms with Gasteiger partial charge in [0.05, 0.1) is 0 Å². The molecule has 0 aromatic rings. The van der Waals surface area contributed by atoms with Crippen LogP contribution >= 0.6 is 0 Å². The fourth-order valence-corrected chi connectivity index (χ4v) is 1.13. The molecule has 1 rings (SSSR count). The summed E-state index contributed by atoms with van der Waals surface area (Å²) in [7, 11) is 0. The number of hydrogen-bond acceptors (Lipinski definition) is 2. The molecule has 0 spiro atoms. The molecule has 1 fully saturated rings. The highest BCUT2D eigenvalue weighted by molar-refractivity contribution is 5.79. The van der Waals surface area contributed by atoms with E-state index >= 15 is 0 Å². The fourth-order valence-electron chi connectivity index (χ4n) is 1.13. The van der Waals surface area contributed by atoms with Gasteiger partial charge in [0.1, 0.15) is 0 Å². The minimum Gasteiger partial charge on any atom is -0.336 e. The first-order valence-electron chi connectivity index (χ1n) is 3.44. The van der Waals surface area contributed by atoms with E-state index in [1.165, 1.54) is 0 Å². The zero-order valence-electron chi connectivity index (χ0n) is 5.96. The lowest BCUT2D eigenvalue weighted by molar-refractivity contribution is -0.141. The molecular formula is C6H10F2N2O. The van der Waals surface area contributed by atoms with Gasteiger partial charge in [-0.2, -0.15) is 8.78 Å². The van der Waals surface area contributed by atoms with Crippen LogP contribution in [0.5, 0.6) is 0 Å². The molecule has 0 unspecified atom stereocenters. The van der Waals surface area contributed by atoms with Gasteiger partial charge >= 0.3 is 6.43 Å². The highest BCUT2D eigenvalue weighted by atomic mass is 19.3. The zero-order chi connectivity index (χ0) is 8.43. The first-order chi connectivity index (χ1) is 5.11. The maximum absolute atomic E-state index is 11.8. The van der Waals surface area contributed by atoms with Gasteiger partial charge in [-0.05, 0) is 6.42 Å². The van der Waals surface area contributed by atoms with Crippen LogP contribution in [0.2, 0.25) is 0 Å². The first-order valence-corrected chi connectivity index (χ1v) is 3.44. The third kappa shape index (κ3) is 1.86. The van der Waals surface area contributed by atoms with Gasteiger partial charge in [-0.3, -0.25) is 4.79 Å². The standard InChI is InChI=1S/C6H10F2N2O/c7-5(8)6(11)10-2-1-4(9)3-10/h4-5H,1-3,9H2/t4-/m1/s1. The molecule has 1 amide bonds. The quantitative estimate of drug-likeness (QED) is 0.584. The van der Waals surface area contributed by atoms with Crippen molar-refractivity contribution in [1.29, 1.82) is 0 Å². The van der Waals surface area contributed by atoms with Crippen molar-refractivity contribution in [3.8, 4) is 0 Å². The largest absolute Gasteiger partial charge is 0.336 e. The van der Waals surface area contributed by atoms with Gasteiger partial charge in [0.25, 0.3) is 5.91 Å². The lowest BCUT2D eigenvalue weighted by Crippen LogP contribution is -2.35. The number of amides is 1. The van der Waals surface area contributed by atoms with Crippen molar-refractivity contribution in [3.05, 3.63) is 0 Å². The van der Waals surface area contributed by atoms with Gasteiger partial charge < -0.3 is 10.6 Å². The smallest absolute Gasteiger partial charge is 0.315 e. The van der Waals surface area contributed by atoms with Crippen molar-refractivity contribution in [2.75, 3.05) is 13.1 Å². The summed E-state index contributed by atoms with van der Waals surface area (Å²) in [5, 5.41) is 0. The number of likely N-dealkylation sites (tertiary alicyclic amines) is 1. The first kappa shape index (κ1) is 8.39. The minimum absolute atomic E-state index is 0.127. The molecule has 3 nitrogen and oxygen atoms in total. The normalized spacial score (nSPS) is 24.7. The fraction of sp³-hybridized carbons (Fsp3) is 0.833. The molecule has 64 valence electrons. The average Bonchev–Trinajstić information content (AvgIpc) is 2.34. The van der Waals surface area contributed by atoms with E-state index in [9.17, 15) is 13.6 Å². The summed E-state index contributed by atoms with van der Waals surface area (Å²) >= 11 is 0.